The van der Waals surface area contributed by atoms with Gasteiger partial charge in [0, 0.05) is 22.8 Å². The summed E-state index contributed by atoms with van der Waals surface area (Å²) in [5.41, 5.74) is 1.26. The van der Waals surface area contributed by atoms with Gasteiger partial charge in [0.05, 0.1) is 12.3 Å². The van der Waals surface area contributed by atoms with E-state index in [2.05, 4.69) is 31.5 Å². The van der Waals surface area contributed by atoms with Gasteiger partial charge < -0.3 is 15.4 Å². The molecule has 0 atom stereocenters. The lowest BCUT2D eigenvalue weighted by Crippen LogP contribution is -2.28. The molecule has 0 fully saturated rings. The lowest BCUT2D eigenvalue weighted by atomic mass is 10.2. The summed E-state index contributed by atoms with van der Waals surface area (Å²) in [7, 11) is 0. The fourth-order valence-electron chi connectivity index (χ4n) is 1.76. The van der Waals surface area contributed by atoms with Crippen molar-refractivity contribution in [1.82, 2.24) is 10.3 Å². The molecule has 2 rings (SSSR count). The quantitative estimate of drug-likeness (QED) is 0.846. The lowest BCUT2D eigenvalue weighted by molar-refractivity contribution is 0.251. The van der Waals surface area contributed by atoms with Crippen molar-refractivity contribution in [3.8, 4) is 5.88 Å². The Labute approximate surface area is 136 Å². The minimum absolute atomic E-state index is 0.272. The highest BCUT2D eigenvalue weighted by Gasteiger charge is 2.08. The van der Waals surface area contributed by atoms with Crippen LogP contribution >= 0.6 is 15.9 Å². The topological polar surface area (TPSA) is 63.2 Å². The molecule has 0 bridgehead atoms. The van der Waals surface area contributed by atoms with Crippen molar-refractivity contribution in [3.63, 3.8) is 0 Å². The van der Waals surface area contributed by atoms with Crippen LogP contribution in [0.4, 0.5) is 14.9 Å². The van der Waals surface area contributed by atoms with E-state index < -0.39 is 6.03 Å². The zero-order chi connectivity index (χ0) is 15.9. The van der Waals surface area contributed by atoms with Crippen LogP contribution < -0.4 is 15.4 Å². The Balaban J connectivity index is 1.95. The summed E-state index contributed by atoms with van der Waals surface area (Å²) in [4.78, 5) is 16.0. The second kappa shape index (κ2) is 7.74. The molecule has 2 N–H and O–H groups in total. The average molecular weight is 368 g/mol. The van der Waals surface area contributed by atoms with Crippen LogP contribution in [0.1, 0.15) is 12.5 Å². The van der Waals surface area contributed by atoms with Crippen molar-refractivity contribution >= 4 is 27.6 Å². The maximum absolute atomic E-state index is 13.0. The van der Waals surface area contributed by atoms with Crippen LogP contribution in [-0.4, -0.2) is 17.6 Å². The summed E-state index contributed by atoms with van der Waals surface area (Å²) in [5, 5.41) is 5.34. The van der Waals surface area contributed by atoms with Crippen LogP contribution in [0.5, 0.6) is 5.88 Å². The molecule has 0 aliphatic heterocycles. The molecule has 22 heavy (non-hydrogen) atoms. The first-order valence-corrected chi connectivity index (χ1v) is 7.46. The second-order valence-electron chi connectivity index (χ2n) is 4.33. The molecule has 0 aliphatic carbocycles. The van der Waals surface area contributed by atoms with Gasteiger partial charge in [0.2, 0.25) is 5.88 Å². The number of urea groups is 1. The number of aromatic nitrogens is 1. The fourth-order valence-corrected chi connectivity index (χ4v) is 2.21. The summed E-state index contributed by atoms with van der Waals surface area (Å²) in [6, 6.07) is 7.23. The summed E-state index contributed by atoms with van der Waals surface area (Å²) in [6.45, 7) is 2.64. The van der Waals surface area contributed by atoms with Crippen molar-refractivity contribution in [1.29, 1.82) is 0 Å². The van der Waals surface area contributed by atoms with E-state index in [0.29, 0.717) is 22.6 Å². The SMILES string of the molecule is CCOc1ncccc1CNC(=O)Nc1ccc(F)cc1Br. The molecule has 0 radical (unpaired) electrons. The summed E-state index contributed by atoms with van der Waals surface area (Å²) in [6.07, 6.45) is 1.63. The molecule has 2 amide bonds. The molecule has 1 aromatic carbocycles. The van der Waals surface area contributed by atoms with Gasteiger partial charge in [-0.2, -0.15) is 0 Å². The second-order valence-corrected chi connectivity index (χ2v) is 5.19. The number of carbonyl (C=O) groups excluding carboxylic acids is 1. The molecule has 0 aliphatic rings. The Morgan fingerprint density at radius 3 is 2.95 bits per heavy atom. The van der Waals surface area contributed by atoms with Gasteiger partial charge in [-0.25, -0.2) is 14.2 Å². The Kier molecular flexibility index (Phi) is 5.71. The van der Waals surface area contributed by atoms with Gasteiger partial charge in [0.1, 0.15) is 5.82 Å². The maximum atomic E-state index is 13.0. The van der Waals surface area contributed by atoms with Gasteiger partial charge in [0.15, 0.2) is 0 Å². The van der Waals surface area contributed by atoms with Gasteiger partial charge in [-0.1, -0.05) is 6.07 Å². The van der Waals surface area contributed by atoms with Crippen molar-refractivity contribution in [2.24, 2.45) is 0 Å². The van der Waals surface area contributed by atoms with Crippen LogP contribution in [0, 0.1) is 5.82 Å². The van der Waals surface area contributed by atoms with Gasteiger partial charge >= 0.3 is 6.03 Å². The number of benzene rings is 1. The van der Waals surface area contributed by atoms with Gasteiger partial charge in [-0.3, -0.25) is 0 Å². The first kappa shape index (κ1) is 16.2. The van der Waals surface area contributed by atoms with Crippen LogP contribution in [0.15, 0.2) is 41.0 Å². The van der Waals surface area contributed by atoms with E-state index in [0.717, 1.165) is 5.56 Å². The molecule has 1 aromatic heterocycles. The van der Waals surface area contributed by atoms with Gasteiger partial charge in [0.25, 0.3) is 0 Å². The predicted octanol–water partition coefficient (Wildman–Crippen LogP) is 3.70. The van der Waals surface area contributed by atoms with E-state index in [4.69, 9.17) is 4.74 Å². The highest BCUT2D eigenvalue weighted by atomic mass is 79.9. The molecular weight excluding hydrogens is 353 g/mol. The summed E-state index contributed by atoms with van der Waals surface area (Å²) >= 11 is 3.19. The van der Waals surface area contributed by atoms with Crippen LogP contribution in [0.3, 0.4) is 0 Å². The Morgan fingerprint density at radius 1 is 1.41 bits per heavy atom. The number of nitrogens with zero attached hydrogens (tertiary/aromatic N) is 1. The van der Waals surface area contributed by atoms with Crippen molar-refractivity contribution in [3.05, 3.63) is 52.4 Å². The van der Waals surface area contributed by atoms with E-state index in [-0.39, 0.29) is 12.4 Å². The third kappa shape index (κ3) is 4.42. The van der Waals surface area contributed by atoms with Gasteiger partial charge in [-0.05, 0) is 47.1 Å². The highest BCUT2D eigenvalue weighted by molar-refractivity contribution is 9.10. The number of amides is 2. The molecular formula is C15H15BrFN3O2. The van der Waals surface area contributed by atoms with E-state index in [1.807, 2.05) is 13.0 Å². The fraction of sp³-hybridized carbons (Fsp3) is 0.200. The summed E-state index contributed by atoms with van der Waals surface area (Å²) < 4.78 is 18.9. The average Bonchev–Trinajstić information content (AvgIpc) is 2.49. The minimum atomic E-state index is -0.404. The molecule has 0 saturated carbocycles. The normalized spacial score (nSPS) is 10.1. The zero-order valence-corrected chi connectivity index (χ0v) is 13.5. The molecule has 116 valence electrons. The molecule has 0 saturated heterocycles. The standard InChI is InChI=1S/C15H15BrFN3O2/c1-2-22-14-10(4-3-7-18-14)9-19-15(21)20-13-6-5-11(17)8-12(13)16/h3-8H,2,9H2,1H3,(H2,19,20,21). The molecule has 5 nitrogen and oxygen atoms in total. The van der Waals surface area contributed by atoms with E-state index in [1.54, 1.807) is 12.3 Å². The predicted molar refractivity (Wildman–Crippen MR) is 85.4 cm³/mol. The number of carbonyl (C=O) groups is 1. The number of anilines is 1. The maximum Gasteiger partial charge on any atom is 0.319 e. The van der Waals surface area contributed by atoms with Crippen LogP contribution in [0.2, 0.25) is 0 Å². The van der Waals surface area contributed by atoms with Crippen molar-refractivity contribution < 1.29 is 13.9 Å². The number of rotatable bonds is 5. The molecule has 7 heteroatoms. The molecule has 0 spiro atoms. The van der Waals surface area contributed by atoms with Gasteiger partial charge in [-0.15, -0.1) is 0 Å². The molecule has 1 heterocycles. The molecule has 0 unspecified atom stereocenters. The lowest BCUT2D eigenvalue weighted by Gasteiger charge is -2.11. The third-order valence-electron chi connectivity index (χ3n) is 2.75. The van der Waals surface area contributed by atoms with Crippen LogP contribution in [0.25, 0.3) is 0 Å². The Hall–Kier alpha value is -2.15. The number of hydrogen-bond acceptors (Lipinski definition) is 3. The smallest absolute Gasteiger partial charge is 0.319 e. The van der Waals surface area contributed by atoms with E-state index >= 15 is 0 Å². The van der Waals surface area contributed by atoms with E-state index in [1.165, 1.54) is 18.2 Å². The van der Waals surface area contributed by atoms with Crippen LogP contribution in [-0.2, 0) is 6.54 Å². The van der Waals surface area contributed by atoms with Crippen molar-refractivity contribution in [2.75, 3.05) is 11.9 Å². The number of hydrogen-bond donors (Lipinski definition) is 2. The first-order chi connectivity index (χ1) is 10.6. The summed E-state index contributed by atoms with van der Waals surface area (Å²) in [5.74, 6) is 0.114. The Bertz CT molecular complexity index is 667. The third-order valence-corrected chi connectivity index (χ3v) is 3.41. The number of pyridine rings is 1. The zero-order valence-electron chi connectivity index (χ0n) is 11.9. The number of halogens is 2. The largest absolute Gasteiger partial charge is 0.478 e. The molecule has 2 aromatic rings. The minimum Gasteiger partial charge on any atom is -0.478 e. The van der Waals surface area contributed by atoms with E-state index in [9.17, 15) is 9.18 Å². The number of ether oxygens (including phenoxy) is 1. The first-order valence-electron chi connectivity index (χ1n) is 6.66. The Morgan fingerprint density at radius 2 is 2.23 bits per heavy atom. The van der Waals surface area contributed by atoms with Crippen molar-refractivity contribution in [2.45, 2.75) is 13.5 Å². The number of nitrogens with one attached hydrogen (secondary N) is 2. The monoisotopic (exact) mass is 367 g/mol. The highest BCUT2D eigenvalue weighted by Crippen LogP contribution is 2.23.